The maximum atomic E-state index is 13.3. The number of hydrogen-bond donors (Lipinski definition) is 2. The molecule has 0 spiro atoms. The lowest BCUT2D eigenvalue weighted by Gasteiger charge is -2.26. The fourth-order valence-corrected chi connectivity index (χ4v) is 2.25. The van der Waals surface area contributed by atoms with Gasteiger partial charge in [0.15, 0.2) is 0 Å². The number of amides is 1. The van der Waals surface area contributed by atoms with E-state index in [-0.39, 0.29) is 11.6 Å². The van der Waals surface area contributed by atoms with Crippen LogP contribution in [0.3, 0.4) is 0 Å². The summed E-state index contributed by atoms with van der Waals surface area (Å²) in [7, 11) is -4.02. The fraction of sp³-hybridized carbons (Fsp3) is 0.364. The second-order valence-corrected chi connectivity index (χ2v) is 5.88. The van der Waals surface area contributed by atoms with E-state index < -0.39 is 26.6 Å². The van der Waals surface area contributed by atoms with Crippen molar-refractivity contribution in [2.75, 3.05) is 0 Å². The predicted octanol–water partition coefficient (Wildman–Crippen LogP) is 0.755. The van der Waals surface area contributed by atoms with Crippen molar-refractivity contribution in [1.82, 2.24) is 5.32 Å². The Kier molecular flexibility index (Phi) is 3.36. The molecule has 5 nitrogen and oxygen atoms in total. The third kappa shape index (κ3) is 2.85. The number of hydrogen-bond acceptors (Lipinski definition) is 3. The van der Waals surface area contributed by atoms with Crippen molar-refractivity contribution in [3.8, 4) is 0 Å². The Morgan fingerprint density at radius 2 is 2.00 bits per heavy atom. The molecule has 1 aromatic rings. The van der Waals surface area contributed by atoms with E-state index >= 15 is 0 Å². The molecule has 7 heteroatoms. The van der Waals surface area contributed by atoms with Crippen LogP contribution in [0.25, 0.3) is 0 Å². The zero-order valence-corrected chi connectivity index (χ0v) is 10.3. The number of halogens is 1. The summed E-state index contributed by atoms with van der Waals surface area (Å²) < 4.78 is 35.5. The maximum absolute atomic E-state index is 13.3. The summed E-state index contributed by atoms with van der Waals surface area (Å²) in [4.78, 5) is 11.4. The molecule has 18 heavy (non-hydrogen) atoms. The van der Waals surface area contributed by atoms with Crippen molar-refractivity contribution in [2.24, 2.45) is 5.14 Å². The van der Waals surface area contributed by atoms with Crippen molar-refractivity contribution >= 4 is 15.9 Å². The van der Waals surface area contributed by atoms with Crippen LogP contribution in [-0.4, -0.2) is 20.4 Å². The smallest absolute Gasteiger partial charge is 0.251 e. The summed E-state index contributed by atoms with van der Waals surface area (Å²) in [5.74, 6) is -1.29. The van der Waals surface area contributed by atoms with Gasteiger partial charge < -0.3 is 5.32 Å². The molecule has 0 unspecified atom stereocenters. The van der Waals surface area contributed by atoms with Crippen LogP contribution >= 0.6 is 0 Å². The lowest BCUT2D eigenvalue weighted by Crippen LogP contribution is -2.39. The van der Waals surface area contributed by atoms with E-state index in [9.17, 15) is 17.6 Å². The van der Waals surface area contributed by atoms with E-state index in [1.165, 1.54) is 0 Å². The van der Waals surface area contributed by atoms with Crippen molar-refractivity contribution in [2.45, 2.75) is 30.2 Å². The van der Waals surface area contributed by atoms with Crippen LogP contribution in [-0.2, 0) is 10.0 Å². The number of sulfonamides is 1. The quantitative estimate of drug-likeness (QED) is 0.851. The zero-order valence-electron chi connectivity index (χ0n) is 9.52. The van der Waals surface area contributed by atoms with Gasteiger partial charge in [-0.15, -0.1) is 0 Å². The van der Waals surface area contributed by atoms with Gasteiger partial charge in [-0.25, -0.2) is 17.9 Å². The van der Waals surface area contributed by atoms with E-state index in [1.807, 2.05) is 0 Å². The second-order valence-electron chi connectivity index (χ2n) is 4.32. The lowest BCUT2D eigenvalue weighted by molar-refractivity contribution is 0.0916. The molecule has 0 radical (unpaired) electrons. The van der Waals surface area contributed by atoms with Crippen LogP contribution in [0.1, 0.15) is 29.6 Å². The molecule has 2 rings (SSSR count). The highest BCUT2D eigenvalue weighted by Crippen LogP contribution is 2.19. The fourth-order valence-electron chi connectivity index (χ4n) is 1.68. The van der Waals surface area contributed by atoms with Gasteiger partial charge in [-0.3, -0.25) is 4.79 Å². The third-order valence-electron chi connectivity index (χ3n) is 2.90. The van der Waals surface area contributed by atoms with Gasteiger partial charge in [-0.2, -0.15) is 0 Å². The highest BCUT2D eigenvalue weighted by atomic mass is 32.2. The topological polar surface area (TPSA) is 89.3 Å². The average molecular weight is 272 g/mol. The van der Waals surface area contributed by atoms with Crippen LogP contribution in [0, 0.1) is 5.82 Å². The Balaban J connectivity index is 2.27. The normalized spacial score (nSPS) is 16.1. The molecule has 3 N–H and O–H groups in total. The molecule has 0 atom stereocenters. The summed E-state index contributed by atoms with van der Waals surface area (Å²) in [6, 6.07) is 2.95. The third-order valence-corrected chi connectivity index (χ3v) is 3.80. The molecule has 1 amide bonds. The Morgan fingerprint density at radius 3 is 2.50 bits per heavy atom. The monoisotopic (exact) mass is 272 g/mol. The standard InChI is InChI=1S/C11H13FN2O3S/c12-8-4-7(5-10(6-8)18(13,16)17)11(15)14-9-2-1-3-9/h4-6,9H,1-3H2,(H,14,15)(H2,13,16,17). The first-order valence-electron chi connectivity index (χ1n) is 5.50. The first kappa shape index (κ1) is 13.0. The van der Waals surface area contributed by atoms with E-state index in [1.54, 1.807) is 0 Å². The van der Waals surface area contributed by atoms with E-state index in [4.69, 9.17) is 5.14 Å². The molecule has 0 saturated heterocycles. The first-order chi connectivity index (χ1) is 8.36. The lowest BCUT2D eigenvalue weighted by atomic mass is 9.93. The van der Waals surface area contributed by atoms with Crippen LogP contribution in [0.5, 0.6) is 0 Å². The van der Waals surface area contributed by atoms with Crippen molar-refractivity contribution in [3.05, 3.63) is 29.6 Å². The Bertz CT molecular complexity index is 582. The summed E-state index contributed by atoms with van der Waals surface area (Å²) in [5, 5.41) is 7.60. The molecule has 98 valence electrons. The van der Waals surface area contributed by atoms with Gasteiger partial charge in [0.2, 0.25) is 10.0 Å². The largest absolute Gasteiger partial charge is 0.349 e. The van der Waals surface area contributed by atoms with Crippen molar-refractivity contribution in [3.63, 3.8) is 0 Å². The molecule has 0 bridgehead atoms. The molecule has 1 aliphatic carbocycles. The number of benzene rings is 1. The minimum atomic E-state index is -4.02. The Hall–Kier alpha value is -1.47. The molecular weight excluding hydrogens is 259 g/mol. The molecule has 1 aliphatic rings. The maximum Gasteiger partial charge on any atom is 0.251 e. The van der Waals surface area contributed by atoms with Crippen molar-refractivity contribution < 1.29 is 17.6 Å². The van der Waals surface area contributed by atoms with E-state index in [2.05, 4.69) is 5.32 Å². The van der Waals surface area contributed by atoms with Gasteiger partial charge in [0.05, 0.1) is 4.90 Å². The van der Waals surface area contributed by atoms with E-state index in [0.29, 0.717) is 0 Å². The number of rotatable bonds is 3. The van der Waals surface area contributed by atoms with Crippen molar-refractivity contribution in [1.29, 1.82) is 0 Å². The number of carbonyl (C=O) groups is 1. The highest BCUT2D eigenvalue weighted by Gasteiger charge is 2.21. The van der Waals surface area contributed by atoms with E-state index in [0.717, 1.165) is 37.5 Å². The number of nitrogens with two attached hydrogens (primary N) is 1. The molecule has 1 saturated carbocycles. The first-order valence-corrected chi connectivity index (χ1v) is 7.05. The SMILES string of the molecule is NS(=O)(=O)c1cc(F)cc(C(=O)NC2CCC2)c1. The Labute approximate surface area is 104 Å². The van der Waals surface area contributed by atoms with Crippen LogP contribution in [0.4, 0.5) is 4.39 Å². The molecule has 0 aliphatic heterocycles. The second kappa shape index (κ2) is 4.66. The summed E-state index contributed by atoms with van der Waals surface area (Å²) in [6.07, 6.45) is 2.84. The van der Waals surface area contributed by atoms with Gasteiger partial charge in [0, 0.05) is 11.6 Å². The van der Waals surface area contributed by atoms with Gasteiger partial charge in [-0.05, 0) is 37.5 Å². The number of carbonyl (C=O) groups excluding carboxylic acids is 1. The Morgan fingerprint density at radius 1 is 1.33 bits per heavy atom. The van der Waals surface area contributed by atoms with Crippen LogP contribution < -0.4 is 10.5 Å². The number of nitrogens with one attached hydrogen (secondary N) is 1. The van der Waals surface area contributed by atoms with Gasteiger partial charge in [-0.1, -0.05) is 0 Å². The molecule has 1 fully saturated rings. The minimum absolute atomic E-state index is 0.0362. The predicted molar refractivity (Wildman–Crippen MR) is 62.9 cm³/mol. The number of primary sulfonamides is 1. The highest BCUT2D eigenvalue weighted by molar-refractivity contribution is 7.89. The van der Waals surface area contributed by atoms with Gasteiger partial charge in [0.1, 0.15) is 5.82 Å². The molecule has 0 heterocycles. The summed E-state index contributed by atoms with van der Waals surface area (Å²) in [6.45, 7) is 0. The summed E-state index contributed by atoms with van der Waals surface area (Å²) in [5.41, 5.74) is -0.0362. The van der Waals surface area contributed by atoms with Crippen LogP contribution in [0.15, 0.2) is 23.1 Å². The minimum Gasteiger partial charge on any atom is -0.349 e. The molecule has 0 aromatic heterocycles. The van der Waals surface area contributed by atoms with Crippen LogP contribution in [0.2, 0.25) is 0 Å². The molecule has 1 aromatic carbocycles. The van der Waals surface area contributed by atoms with Gasteiger partial charge >= 0.3 is 0 Å². The average Bonchev–Trinajstić information content (AvgIpc) is 2.21. The van der Waals surface area contributed by atoms with Gasteiger partial charge in [0.25, 0.3) is 5.91 Å². The molecular formula is C11H13FN2O3S. The zero-order chi connectivity index (χ0) is 13.3. The summed E-state index contributed by atoms with van der Waals surface area (Å²) >= 11 is 0.